The van der Waals surface area contributed by atoms with Crippen molar-refractivity contribution in [2.45, 2.75) is 38.6 Å². The first-order valence-electron chi connectivity index (χ1n) is 5.41. The molecule has 0 radical (unpaired) electrons. The van der Waals surface area contributed by atoms with Crippen molar-refractivity contribution in [3.05, 3.63) is 0 Å². The summed E-state index contributed by atoms with van der Waals surface area (Å²) in [5.74, 6) is -1.06. The molecule has 3 N–H and O–H groups in total. The van der Waals surface area contributed by atoms with E-state index in [0.29, 0.717) is 6.42 Å². The van der Waals surface area contributed by atoms with E-state index < -0.39 is 16.2 Å². The van der Waals surface area contributed by atoms with Gasteiger partial charge in [-0.15, -0.1) is 0 Å². The minimum Gasteiger partial charge on any atom is -0.481 e. The lowest BCUT2D eigenvalue weighted by Gasteiger charge is -2.13. The van der Waals surface area contributed by atoms with Gasteiger partial charge in [0, 0.05) is 19.0 Å². The second kappa shape index (κ2) is 5.60. The Labute approximate surface area is 95.6 Å². The van der Waals surface area contributed by atoms with Crippen molar-refractivity contribution < 1.29 is 18.3 Å². The van der Waals surface area contributed by atoms with E-state index in [2.05, 4.69) is 9.44 Å². The molecule has 7 heteroatoms. The Morgan fingerprint density at radius 3 is 2.56 bits per heavy atom. The Balaban J connectivity index is 2.32. The summed E-state index contributed by atoms with van der Waals surface area (Å²) >= 11 is 0. The van der Waals surface area contributed by atoms with Crippen molar-refractivity contribution in [1.82, 2.24) is 9.44 Å². The molecule has 1 aliphatic carbocycles. The van der Waals surface area contributed by atoms with Crippen molar-refractivity contribution in [3.63, 3.8) is 0 Å². The van der Waals surface area contributed by atoms with E-state index in [4.69, 9.17) is 5.11 Å². The summed E-state index contributed by atoms with van der Waals surface area (Å²) in [6.07, 6.45) is 2.39. The standard InChI is InChI=1S/C9H18N2O4S/c1-2-7(5-9(12)13)6-10-16(14,15)11-8-3-4-8/h7-8,10-11H,2-6H2,1H3,(H,12,13). The molecule has 0 heterocycles. The van der Waals surface area contributed by atoms with Gasteiger partial charge in [-0.3, -0.25) is 4.79 Å². The fourth-order valence-corrected chi connectivity index (χ4v) is 2.51. The Morgan fingerprint density at radius 1 is 1.50 bits per heavy atom. The average molecular weight is 250 g/mol. The maximum atomic E-state index is 11.4. The van der Waals surface area contributed by atoms with Crippen molar-refractivity contribution in [2.75, 3.05) is 6.54 Å². The van der Waals surface area contributed by atoms with Gasteiger partial charge < -0.3 is 5.11 Å². The van der Waals surface area contributed by atoms with Crippen LogP contribution < -0.4 is 9.44 Å². The lowest BCUT2D eigenvalue weighted by atomic mass is 10.0. The molecule has 1 atom stereocenters. The summed E-state index contributed by atoms with van der Waals surface area (Å²) in [5, 5.41) is 8.61. The molecule has 16 heavy (non-hydrogen) atoms. The van der Waals surface area contributed by atoms with E-state index in [9.17, 15) is 13.2 Å². The minimum absolute atomic E-state index is 0.0115. The SMILES string of the molecule is CCC(CNS(=O)(=O)NC1CC1)CC(=O)O. The molecule has 0 aromatic rings. The largest absolute Gasteiger partial charge is 0.481 e. The van der Waals surface area contributed by atoms with Crippen LogP contribution in [0.15, 0.2) is 0 Å². The number of aliphatic carboxylic acids is 1. The normalized spacial score (nSPS) is 18.3. The van der Waals surface area contributed by atoms with Gasteiger partial charge in [0.25, 0.3) is 10.2 Å². The lowest BCUT2D eigenvalue weighted by molar-refractivity contribution is -0.138. The monoisotopic (exact) mass is 250 g/mol. The first-order chi connectivity index (χ1) is 7.43. The highest BCUT2D eigenvalue weighted by Gasteiger charge is 2.27. The quantitative estimate of drug-likeness (QED) is 0.568. The van der Waals surface area contributed by atoms with Gasteiger partial charge in [0.05, 0.1) is 0 Å². The Kier molecular flexibility index (Phi) is 4.69. The van der Waals surface area contributed by atoms with Crippen LogP contribution in [-0.2, 0) is 15.0 Å². The van der Waals surface area contributed by atoms with Gasteiger partial charge in [-0.1, -0.05) is 13.3 Å². The van der Waals surface area contributed by atoms with Crippen LogP contribution in [0.1, 0.15) is 32.6 Å². The Morgan fingerprint density at radius 2 is 2.12 bits per heavy atom. The predicted molar refractivity (Wildman–Crippen MR) is 59.1 cm³/mol. The molecule has 1 aliphatic rings. The van der Waals surface area contributed by atoms with E-state index in [-0.39, 0.29) is 24.9 Å². The number of hydrogen-bond acceptors (Lipinski definition) is 3. The first kappa shape index (κ1) is 13.4. The average Bonchev–Trinajstić information content (AvgIpc) is 2.94. The minimum atomic E-state index is -3.45. The van der Waals surface area contributed by atoms with Crippen LogP contribution >= 0.6 is 0 Å². The van der Waals surface area contributed by atoms with Crippen molar-refractivity contribution in [1.29, 1.82) is 0 Å². The molecule has 0 bridgehead atoms. The van der Waals surface area contributed by atoms with Gasteiger partial charge >= 0.3 is 5.97 Å². The summed E-state index contributed by atoms with van der Waals surface area (Å²) in [6.45, 7) is 2.01. The second-order valence-electron chi connectivity index (χ2n) is 4.12. The van der Waals surface area contributed by atoms with Crippen LogP contribution in [0.3, 0.4) is 0 Å². The van der Waals surface area contributed by atoms with Crippen molar-refractivity contribution >= 4 is 16.2 Å². The number of carboxylic acids is 1. The van der Waals surface area contributed by atoms with Gasteiger partial charge in [-0.05, 0) is 18.8 Å². The third kappa shape index (κ3) is 5.43. The van der Waals surface area contributed by atoms with Crippen LogP contribution in [-0.4, -0.2) is 32.1 Å². The molecule has 1 saturated carbocycles. The number of nitrogens with one attached hydrogen (secondary N) is 2. The Bertz CT molecular complexity index is 337. The van der Waals surface area contributed by atoms with Gasteiger partial charge in [-0.25, -0.2) is 4.72 Å². The zero-order valence-corrected chi connectivity index (χ0v) is 10.1. The van der Waals surface area contributed by atoms with E-state index in [1.165, 1.54) is 0 Å². The van der Waals surface area contributed by atoms with Crippen molar-refractivity contribution in [2.24, 2.45) is 5.92 Å². The number of hydrogen-bond donors (Lipinski definition) is 3. The van der Waals surface area contributed by atoms with Crippen LogP contribution in [0.4, 0.5) is 0 Å². The van der Waals surface area contributed by atoms with Gasteiger partial charge in [0.2, 0.25) is 0 Å². The molecule has 0 amide bonds. The summed E-state index contributed by atoms with van der Waals surface area (Å²) in [6, 6.07) is 0.0667. The molecule has 1 fully saturated rings. The number of carbonyl (C=O) groups is 1. The molecule has 1 rings (SSSR count). The van der Waals surface area contributed by atoms with E-state index in [1.54, 1.807) is 0 Å². The van der Waals surface area contributed by atoms with Gasteiger partial charge in [-0.2, -0.15) is 13.1 Å². The molecule has 94 valence electrons. The van der Waals surface area contributed by atoms with Crippen LogP contribution in [0.5, 0.6) is 0 Å². The second-order valence-corrected chi connectivity index (χ2v) is 5.65. The summed E-state index contributed by atoms with van der Waals surface area (Å²) in [7, 11) is -3.45. The van der Waals surface area contributed by atoms with Crippen LogP contribution in [0.25, 0.3) is 0 Å². The molecule has 0 aromatic heterocycles. The molecule has 0 aromatic carbocycles. The molecular weight excluding hydrogens is 232 g/mol. The van der Waals surface area contributed by atoms with Crippen molar-refractivity contribution in [3.8, 4) is 0 Å². The summed E-state index contributed by atoms with van der Waals surface area (Å²) < 4.78 is 27.7. The molecule has 0 saturated heterocycles. The third-order valence-electron chi connectivity index (χ3n) is 2.50. The smallest absolute Gasteiger partial charge is 0.303 e. The van der Waals surface area contributed by atoms with E-state index in [0.717, 1.165) is 12.8 Å². The summed E-state index contributed by atoms with van der Waals surface area (Å²) in [5.41, 5.74) is 0. The van der Waals surface area contributed by atoms with Crippen LogP contribution in [0.2, 0.25) is 0 Å². The Hall–Kier alpha value is -0.660. The zero-order valence-electron chi connectivity index (χ0n) is 9.27. The first-order valence-corrected chi connectivity index (χ1v) is 6.90. The fraction of sp³-hybridized carbons (Fsp3) is 0.889. The third-order valence-corrected chi connectivity index (χ3v) is 3.69. The maximum Gasteiger partial charge on any atom is 0.303 e. The molecule has 0 aliphatic heterocycles. The van der Waals surface area contributed by atoms with Gasteiger partial charge in [0.1, 0.15) is 0 Å². The maximum absolute atomic E-state index is 11.4. The topological polar surface area (TPSA) is 95.5 Å². The lowest BCUT2D eigenvalue weighted by Crippen LogP contribution is -2.40. The molecule has 6 nitrogen and oxygen atoms in total. The summed E-state index contributed by atoms with van der Waals surface area (Å²) in [4.78, 5) is 10.5. The van der Waals surface area contributed by atoms with Gasteiger partial charge in [0.15, 0.2) is 0 Å². The predicted octanol–water partition coefficient (Wildman–Crippen LogP) is 0.0737. The van der Waals surface area contributed by atoms with E-state index >= 15 is 0 Å². The highest BCUT2D eigenvalue weighted by Crippen LogP contribution is 2.19. The fourth-order valence-electron chi connectivity index (χ4n) is 1.30. The molecule has 0 spiro atoms. The number of rotatable bonds is 8. The van der Waals surface area contributed by atoms with Crippen LogP contribution in [0, 0.1) is 5.92 Å². The van der Waals surface area contributed by atoms with E-state index in [1.807, 2.05) is 6.92 Å². The molecule has 1 unspecified atom stereocenters. The highest BCUT2D eigenvalue weighted by molar-refractivity contribution is 7.87. The number of carboxylic acid groups (broad SMARTS) is 1. The molecular formula is C9H18N2O4S. The zero-order chi connectivity index (χ0) is 12.2. The highest BCUT2D eigenvalue weighted by atomic mass is 32.2.